The largest absolute Gasteiger partial charge is 0.507 e. The summed E-state index contributed by atoms with van der Waals surface area (Å²) in [4.78, 5) is 21.8. The molecule has 0 bridgehead atoms. The Kier molecular flexibility index (Phi) is 3.23. The van der Waals surface area contributed by atoms with Gasteiger partial charge in [-0.2, -0.15) is 0 Å². The topological polar surface area (TPSA) is 63.6 Å². The van der Waals surface area contributed by atoms with Crippen molar-refractivity contribution in [1.29, 1.82) is 0 Å². The molecule has 0 saturated heterocycles. The van der Waals surface area contributed by atoms with Crippen molar-refractivity contribution in [3.05, 3.63) is 29.8 Å². The zero-order valence-electron chi connectivity index (χ0n) is 7.69. The zero-order valence-corrected chi connectivity index (χ0v) is 7.69. The van der Waals surface area contributed by atoms with Gasteiger partial charge in [0.1, 0.15) is 17.9 Å². The quantitative estimate of drug-likeness (QED) is 0.733. The number of para-hydroxylation sites is 1. The van der Waals surface area contributed by atoms with E-state index in [1.165, 1.54) is 19.1 Å². The summed E-state index contributed by atoms with van der Waals surface area (Å²) in [6.45, 7) is 1.05. The highest BCUT2D eigenvalue weighted by Gasteiger charge is 2.11. The Hall–Kier alpha value is -1.84. The van der Waals surface area contributed by atoms with Gasteiger partial charge in [0.15, 0.2) is 5.78 Å². The molecule has 0 atom stereocenters. The van der Waals surface area contributed by atoms with Gasteiger partial charge in [-0.3, -0.25) is 4.79 Å². The van der Waals surface area contributed by atoms with Gasteiger partial charge in [0.05, 0.1) is 0 Å². The Bertz CT molecular complexity index is 357. The highest BCUT2D eigenvalue weighted by molar-refractivity contribution is 5.93. The number of ether oxygens (including phenoxy) is 1. The van der Waals surface area contributed by atoms with Crippen LogP contribution in [0, 0.1) is 0 Å². The molecule has 0 radical (unpaired) electrons. The monoisotopic (exact) mass is 194 g/mol. The van der Waals surface area contributed by atoms with Gasteiger partial charge in [-0.1, -0.05) is 12.1 Å². The Morgan fingerprint density at radius 1 is 1.36 bits per heavy atom. The molecule has 14 heavy (non-hydrogen) atoms. The van der Waals surface area contributed by atoms with Crippen molar-refractivity contribution in [1.82, 2.24) is 0 Å². The first-order valence-electron chi connectivity index (χ1n) is 4.06. The van der Waals surface area contributed by atoms with E-state index in [9.17, 15) is 14.7 Å². The summed E-state index contributed by atoms with van der Waals surface area (Å²) < 4.78 is 4.62. The molecule has 0 aliphatic carbocycles. The fraction of sp³-hybridized carbons (Fsp3) is 0.200. The van der Waals surface area contributed by atoms with Crippen LogP contribution in [0.2, 0.25) is 0 Å². The van der Waals surface area contributed by atoms with Gasteiger partial charge in [0, 0.05) is 0 Å². The minimum absolute atomic E-state index is 0.0637. The maximum atomic E-state index is 11.2. The number of rotatable bonds is 3. The number of esters is 1. The smallest absolute Gasteiger partial charge is 0.342 e. The third kappa shape index (κ3) is 2.58. The third-order valence-corrected chi connectivity index (χ3v) is 1.53. The highest BCUT2D eigenvalue weighted by Crippen LogP contribution is 2.16. The molecule has 0 spiro atoms. The molecule has 0 heterocycles. The highest BCUT2D eigenvalue weighted by atomic mass is 16.5. The molecule has 0 unspecified atom stereocenters. The van der Waals surface area contributed by atoms with Crippen molar-refractivity contribution in [2.75, 3.05) is 6.61 Å². The van der Waals surface area contributed by atoms with Crippen LogP contribution in [0.15, 0.2) is 24.3 Å². The summed E-state index contributed by atoms with van der Waals surface area (Å²) in [5.74, 6) is -1.09. The molecule has 74 valence electrons. The Labute approximate surface area is 81.1 Å². The second-order valence-electron chi connectivity index (χ2n) is 2.80. The van der Waals surface area contributed by atoms with Crippen LogP contribution < -0.4 is 0 Å². The molecule has 0 aromatic heterocycles. The van der Waals surface area contributed by atoms with Gasteiger partial charge in [-0.15, -0.1) is 0 Å². The van der Waals surface area contributed by atoms with E-state index in [0.717, 1.165) is 0 Å². The van der Waals surface area contributed by atoms with Crippen LogP contribution in [0.1, 0.15) is 17.3 Å². The molecular weight excluding hydrogens is 184 g/mol. The zero-order chi connectivity index (χ0) is 10.6. The summed E-state index contributed by atoms with van der Waals surface area (Å²) in [5, 5.41) is 9.26. The molecule has 0 amide bonds. The van der Waals surface area contributed by atoms with Crippen molar-refractivity contribution >= 4 is 11.8 Å². The summed E-state index contributed by atoms with van der Waals surface area (Å²) in [7, 11) is 0. The van der Waals surface area contributed by atoms with Crippen molar-refractivity contribution < 1.29 is 19.4 Å². The first kappa shape index (κ1) is 10.2. The number of hydrogen-bond acceptors (Lipinski definition) is 4. The van der Waals surface area contributed by atoms with Crippen LogP contribution in [0.3, 0.4) is 0 Å². The molecule has 4 nitrogen and oxygen atoms in total. The number of phenolic OH excluding ortho intramolecular Hbond substituents is 1. The van der Waals surface area contributed by atoms with Crippen LogP contribution in [0.4, 0.5) is 0 Å². The molecular formula is C10H10O4. The van der Waals surface area contributed by atoms with Gasteiger partial charge in [0.2, 0.25) is 0 Å². The molecule has 0 aliphatic heterocycles. The summed E-state index contributed by atoms with van der Waals surface area (Å²) >= 11 is 0. The van der Waals surface area contributed by atoms with Crippen LogP contribution in [-0.2, 0) is 9.53 Å². The van der Waals surface area contributed by atoms with Crippen molar-refractivity contribution in [3.8, 4) is 5.75 Å². The van der Waals surface area contributed by atoms with Crippen LogP contribution in [-0.4, -0.2) is 23.5 Å². The second-order valence-corrected chi connectivity index (χ2v) is 2.80. The van der Waals surface area contributed by atoms with Crippen LogP contribution >= 0.6 is 0 Å². The average molecular weight is 194 g/mol. The second kappa shape index (κ2) is 4.41. The maximum absolute atomic E-state index is 11.2. The molecule has 1 N–H and O–H groups in total. The van der Waals surface area contributed by atoms with Gasteiger partial charge >= 0.3 is 5.97 Å². The van der Waals surface area contributed by atoms with Gasteiger partial charge < -0.3 is 9.84 Å². The first-order chi connectivity index (χ1) is 6.61. The molecule has 1 aromatic carbocycles. The number of ketones is 1. The fourth-order valence-electron chi connectivity index (χ4n) is 0.891. The molecule has 4 heteroatoms. The first-order valence-corrected chi connectivity index (χ1v) is 4.06. The predicted molar refractivity (Wildman–Crippen MR) is 49.1 cm³/mol. The Morgan fingerprint density at radius 2 is 2.00 bits per heavy atom. The molecule has 1 aromatic rings. The van der Waals surface area contributed by atoms with E-state index in [1.54, 1.807) is 12.1 Å². The van der Waals surface area contributed by atoms with Gasteiger partial charge in [-0.05, 0) is 19.1 Å². The SMILES string of the molecule is CC(=O)COC(=O)c1ccccc1O. The summed E-state index contributed by atoms with van der Waals surface area (Å²) in [5.41, 5.74) is 0.0637. The van der Waals surface area contributed by atoms with E-state index < -0.39 is 5.97 Å². The molecule has 0 saturated carbocycles. The predicted octanol–water partition coefficient (Wildman–Crippen LogP) is 1.14. The lowest BCUT2D eigenvalue weighted by Crippen LogP contribution is -2.11. The summed E-state index contributed by atoms with van der Waals surface area (Å²) in [6.07, 6.45) is 0. The minimum Gasteiger partial charge on any atom is -0.507 e. The number of hydrogen-bond donors (Lipinski definition) is 1. The standard InChI is InChI=1S/C10H10O4/c1-7(11)6-14-10(13)8-4-2-3-5-9(8)12/h2-5,12H,6H2,1H3. The number of Topliss-reactive ketones (excluding diaryl/α,β-unsaturated/α-hetero) is 1. The van der Waals surface area contributed by atoms with E-state index in [4.69, 9.17) is 0 Å². The third-order valence-electron chi connectivity index (χ3n) is 1.53. The van der Waals surface area contributed by atoms with E-state index >= 15 is 0 Å². The maximum Gasteiger partial charge on any atom is 0.342 e. The lowest BCUT2D eigenvalue weighted by Gasteiger charge is -2.03. The molecule has 0 fully saturated rings. The number of aromatic hydroxyl groups is 1. The normalized spacial score (nSPS) is 9.50. The number of phenols is 1. The Balaban J connectivity index is 2.70. The lowest BCUT2D eigenvalue weighted by atomic mass is 10.2. The number of benzene rings is 1. The lowest BCUT2D eigenvalue weighted by molar-refractivity contribution is -0.120. The van der Waals surface area contributed by atoms with Gasteiger partial charge in [0.25, 0.3) is 0 Å². The van der Waals surface area contributed by atoms with E-state index in [1.807, 2.05) is 0 Å². The van der Waals surface area contributed by atoms with E-state index in [-0.39, 0.29) is 23.7 Å². The van der Waals surface area contributed by atoms with Crippen molar-refractivity contribution in [2.45, 2.75) is 6.92 Å². The molecule has 1 rings (SSSR count). The molecule has 0 aliphatic rings. The summed E-state index contributed by atoms with van der Waals surface area (Å²) in [6, 6.07) is 6.00. The average Bonchev–Trinajstić information content (AvgIpc) is 2.15. The number of carbonyl (C=O) groups excluding carboxylic acids is 2. The Morgan fingerprint density at radius 3 is 2.57 bits per heavy atom. The number of carbonyl (C=O) groups is 2. The van der Waals surface area contributed by atoms with Crippen molar-refractivity contribution in [2.24, 2.45) is 0 Å². The van der Waals surface area contributed by atoms with E-state index in [0.29, 0.717) is 0 Å². The van der Waals surface area contributed by atoms with Crippen molar-refractivity contribution in [3.63, 3.8) is 0 Å². The van der Waals surface area contributed by atoms with Crippen LogP contribution in [0.5, 0.6) is 5.75 Å². The minimum atomic E-state index is -0.696. The van der Waals surface area contributed by atoms with E-state index in [2.05, 4.69) is 4.74 Å². The van der Waals surface area contributed by atoms with Gasteiger partial charge in [-0.25, -0.2) is 4.79 Å². The van der Waals surface area contributed by atoms with Crippen LogP contribution in [0.25, 0.3) is 0 Å². The fourth-order valence-corrected chi connectivity index (χ4v) is 0.891.